The Kier molecular flexibility index (Phi) is 8.10. The van der Waals surface area contributed by atoms with Gasteiger partial charge in [-0.2, -0.15) is 0 Å². The standard InChI is InChI=1S/C31H37N3OS/c1-22-7-6-18-34(21-22)28-16-10-23(11-17-28)20-32-30(36)33-27-9-5-8-25(19-27)29(35)24-12-14-26(15-13-24)31(2,3)4/h5,8-17,19,22H,6-7,18,20-21H2,1-4H3,(H2,32,33,36). The maximum absolute atomic E-state index is 13.0. The van der Waals surface area contributed by atoms with Crippen LogP contribution in [0.4, 0.5) is 11.4 Å². The van der Waals surface area contributed by atoms with Gasteiger partial charge in [0.15, 0.2) is 10.9 Å². The first kappa shape index (κ1) is 25.9. The third kappa shape index (κ3) is 6.73. The molecule has 4 nitrogen and oxygen atoms in total. The molecule has 0 amide bonds. The summed E-state index contributed by atoms with van der Waals surface area (Å²) in [6.45, 7) is 11.7. The predicted molar refractivity (Wildman–Crippen MR) is 155 cm³/mol. The smallest absolute Gasteiger partial charge is 0.193 e. The topological polar surface area (TPSA) is 44.4 Å². The van der Waals surface area contributed by atoms with E-state index in [-0.39, 0.29) is 11.2 Å². The fourth-order valence-electron chi connectivity index (χ4n) is 4.63. The van der Waals surface area contributed by atoms with E-state index >= 15 is 0 Å². The van der Waals surface area contributed by atoms with Crippen LogP contribution in [0.1, 0.15) is 67.6 Å². The molecule has 1 aliphatic rings. The zero-order valence-electron chi connectivity index (χ0n) is 21.8. The molecule has 0 radical (unpaired) electrons. The first-order valence-electron chi connectivity index (χ1n) is 12.8. The minimum atomic E-state index is 0.00109. The molecule has 0 saturated carbocycles. The summed E-state index contributed by atoms with van der Waals surface area (Å²) in [5.41, 5.74) is 5.84. The number of carbonyl (C=O) groups is 1. The molecule has 188 valence electrons. The molecule has 3 aromatic rings. The first-order chi connectivity index (χ1) is 17.2. The van der Waals surface area contributed by atoms with E-state index in [0.717, 1.165) is 24.7 Å². The summed E-state index contributed by atoms with van der Waals surface area (Å²) in [5.74, 6) is 0.757. The zero-order chi connectivity index (χ0) is 25.7. The van der Waals surface area contributed by atoms with Crippen molar-refractivity contribution in [2.75, 3.05) is 23.3 Å². The van der Waals surface area contributed by atoms with Crippen LogP contribution in [0, 0.1) is 5.92 Å². The van der Waals surface area contributed by atoms with E-state index < -0.39 is 0 Å². The van der Waals surface area contributed by atoms with Crippen LogP contribution in [0.25, 0.3) is 0 Å². The number of carbonyl (C=O) groups excluding carboxylic acids is 1. The Morgan fingerprint density at radius 2 is 1.72 bits per heavy atom. The molecular weight excluding hydrogens is 462 g/mol. The summed E-state index contributed by atoms with van der Waals surface area (Å²) in [4.78, 5) is 15.5. The Labute approximate surface area is 221 Å². The van der Waals surface area contributed by atoms with Gasteiger partial charge in [-0.15, -0.1) is 0 Å². The van der Waals surface area contributed by atoms with Crippen LogP contribution >= 0.6 is 12.2 Å². The Hall–Kier alpha value is -3.18. The first-order valence-corrected chi connectivity index (χ1v) is 13.2. The van der Waals surface area contributed by atoms with E-state index in [1.807, 2.05) is 48.5 Å². The highest BCUT2D eigenvalue weighted by atomic mass is 32.1. The lowest BCUT2D eigenvalue weighted by Gasteiger charge is -2.32. The highest BCUT2D eigenvalue weighted by Gasteiger charge is 2.17. The Morgan fingerprint density at radius 1 is 1.00 bits per heavy atom. The van der Waals surface area contributed by atoms with E-state index in [9.17, 15) is 4.79 Å². The van der Waals surface area contributed by atoms with Crippen LogP contribution in [0.2, 0.25) is 0 Å². The second-order valence-electron chi connectivity index (χ2n) is 10.9. The van der Waals surface area contributed by atoms with E-state index in [4.69, 9.17) is 12.2 Å². The third-order valence-corrected chi connectivity index (χ3v) is 7.05. The molecule has 1 fully saturated rings. The van der Waals surface area contributed by atoms with Gasteiger partial charge in [-0.05, 0) is 71.8 Å². The maximum atomic E-state index is 13.0. The van der Waals surface area contributed by atoms with Gasteiger partial charge in [-0.1, -0.05) is 76.2 Å². The van der Waals surface area contributed by atoms with E-state index in [1.54, 1.807) is 0 Å². The second-order valence-corrected chi connectivity index (χ2v) is 11.3. The van der Waals surface area contributed by atoms with Gasteiger partial charge >= 0.3 is 0 Å². The molecule has 1 aliphatic heterocycles. The molecular formula is C31H37N3OS. The van der Waals surface area contributed by atoms with Crippen molar-refractivity contribution in [3.8, 4) is 0 Å². The summed E-state index contributed by atoms with van der Waals surface area (Å²) in [5, 5.41) is 7.02. The number of benzene rings is 3. The summed E-state index contributed by atoms with van der Waals surface area (Å²) >= 11 is 5.51. The van der Waals surface area contributed by atoms with Gasteiger partial charge < -0.3 is 15.5 Å². The number of hydrogen-bond acceptors (Lipinski definition) is 3. The monoisotopic (exact) mass is 499 g/mol. The predicted octanol–water partition coefficient (Wildman–Crippen LogP) is 6.94. The van der Waals surface area contributed by atoms with Crippen LogP contribution in [-0.4, -0.2) is 24.0 Å². The number of nitrogens with one attached hydrogen (secondary N) is 2. The van der Waals surface area contributed by atoms with E-state index in [2.05, 4.69) is 67.5 Å². The van der Waals surface area contributed by atoms with Gasteiger partial charge in [-0.3, -0.25) is 4.79 Å². The van der Waals surface area contributed by atoms with Crippen molar-refractivity contribution in [1.29, 1.82) is 0 Å². The van der Waals surface area contributed by atoms with Crippen LogP contribution in [0.5, 0.6) is 0 Å². The fraction of sp³-hybridized carbons (Fsp3) is 0.355. The van der Waals surface area contributed by atoms with Gasteiger partial charge in [-0.25, -0.2) is 0 Å². The molecule has 0 aliphatic carbocycles. The van der Waals surface area contributed by atoms with E-state index in [0.29, 0.717) is 22.8 Å². The van der Waals surface area contributed by atoms with Gasteiger partial charge in [0, 0.05) is 42.1 Å². The van der Waals surface area contributed by atoms with Crippen molar-refractivity contribution in [3.05, 3.63) is 95.1 Å². The SMILES string of the molecule is CC1CCCN(c2ccc(CNC(=S)Nc3cccc(C(=O)c4ccc(C(C)(C)C)cc4)c3)cc2)C1. The summed E-state index contributed by atoms with van der Waals surface area (Å²) in [6.07, 6.45) is 2.59. The van der Waals surface area contributed by atoms with Crippen molar-refractivity contribution < 1.29 is 4.79 Å². The summed E-state index contributed by atoms with van der Waals surface area (Å²) in [6, 6.07) is 24.1. The van der Waals surface area contributed by atoms with Crippen LogP contribution < -0.4 is 15.5 Å². The number of thiocarbonyl (C=S) groups is 1. The quantitative estimate of drug-likeness (QED) is 0.284. The normalized spacial score (nSPS) is 15.9. The van der Waals surface area contributed by atoms with Crippen molar-refractivity contribution in [2.45, 2.75) is 52.5 Å². The molecule has 1 atom stereocenters. The minimum Gasteiger partial charge on any atom is -0.371 e. The highest BCUT2D eigenvalue weighted by Crippen LogP contribution is 2.24. The largest absolute Gasteiger partial charge is 0.371 e. The summed E-state index contributed by atoms with van der Waals surface area (Å²) in [7, 11) is 0. The van der Waals surface area contributed by atoms with Gasteiger partial charge in [0.2, 0.25) is 0 Å². The third-order valence-electron chi connectivity index (χ3n) is 6.81. The van der Waals surface area contributed by atoms with E-state index in [1.165, 1.54) is 29.7 Å². The molecule has 0 aromatic heterocycles. The number of hydrogen-bond donors (Lipinski definition) is 2. The Morgan fingerprint density at radius 3 is 2.39 bits per heavy atom. The molecule has 1 heterocycles. The minimum absolute atomic E-state index is 0.00109. The van der Waals surface area contributed by atoms with Crippen LogP contribution in [0.3, 0.4) is 0 Å². The van der Waals surface area contributed by atoms with Gasteiger partial charge in [0.25, 0.3) is 0 Å². The van der Waals surface area contributed by atoms with Crippen molar-refractivity contribution in [2.24, 2.45) is 5.92 Å². The molecule has 0 bridgehead atoms. The molecule has 36 heavy (non-hydrogen) atoms. The van der Waals surface area contributed by atoms with Crippen molar-refractivity contribution in [3.63, 3.8) is 0 Å². The highest BCUT2D eigenvalue weighted by molar-refractivity contribution is 7.80. The molecule has 5 heteroatoms. The lowest BCUT2D eigenvalue weighted by molar-refractivity contribution is 0.103. The average molecular weight is 500 g/mol. The summed E-state index contributed by atoms with van der Waals surface area (Å²) < 4.78 is 0. The number of nitrogens with zero attached hydrogens (tertiary/aromatic N) is 1. The second kappa shape index (κ2) is 11.3. The van der Waals surface area contributed by atoms with Gasteiger partial charge in [0.1, 0.15) is 0 Å². The van der Waals surface area contributed by atoms with Gasteiger partial charge in [0.05, 0.1) is 0 Å². The Balaban J connectivity index is 1.32. The number of ketones is 1. The Bertz CT molecular complexity index is 1200. The molecule has 3 aromatic carbocycles. The number of rotatable bonds is 6. The van der Waals surface area contributed by atoms with Crippen LogP contribution in [0.15, 0.2) is 72.8 Å². The lowest BCUT2D eigenvalue weighted by atomic mass is 9.86. The zero-order valence-corrected chi connectivity index (χ0v) is 22.6. The van der Waals surface area contributed by atoms with Crippen molar-refractivity contribution in [1.82, 2.24) is 5.32 Å². The molecule has 1 unspecified atom stereocenters. The van der Waals surface area contributed by atoms with Crippen molar-refractivity contribution >= 4 is 34.5 Å². The molecule has 2 N–H and O–H groups in total. The number of anilines is 2. The lowest BCUT2D eigenvalue weighted by Crippen LogP contribution is -2.34. The molecule has 0 spiro atoms. The molecule has 1 saturated heterocycles. The van der Waals surface area contributed by atoms with Crippen LogP contribution in [-0.2, 0) is 12.0 Å². The fourth-order valence-corrected chi connectivity index (χ4v) is 4.82. The maximum Gasteiger partial charge on any atom is 0.193 e. The number of piperidine rings is 1. The molecule has 4 rings (SSSR count). The average Bonchev–Trinajstić information content (AvgIpc) is 2.87.